The average molecular weight is 188 g/mol. The monoisotopic (exact) mass is 187 g/mol. The predicted molar refractivity (Wildman–Crippen MR) is 43.6 cm³/mol. The predicted octanol–water partition coefficient (Wildman–Crippen LogP) is 1.57. The maximum atomic E-state index is 12.5. The molecule has 0 aromatic carbocycles. The van der Waals surface area contributed by atoms with E-state index in [9.17, 15) is 9.18 Å². The van der Waals surface area contributed by atoms with Gasteiger partial charge < -0.3 is 0 Å². The summed E-state index contributed by atoms with van der Waals surface area (Å²) in [7, 11) is 0. The van der Waals surface area contributed by atoms with E-state index in [2.05, 4.69) is 4.98 Å². The number of rotatable bonds is 3. The largest absolute Gasteiger partial charge is 0.298 e. The number of alkyl halides is 1. The van der Waals surface area contributed by atoms with Crippen molar-refractivity contribution >= 4 is 17.4 Å². The van der Waals surface area contributed by atoms with Crippen LogP contribution in [0.15, 0.2) is 18.5 Å². The van der Waals surface area contributed by atoms with E-state index >= 15 is 0 Å². The summed E-state index contributed by atoms with van der Waals surface area (Å²) in [6.07, 6.45) is 2.69. The number of hydrogen-bond donors (Lipinski definition) is 0. The lowest BCUT2D eigenvalue weighted by atomic mass is 10.1. The van der Waals surface area contributed by atoms with E-state index in [1.807, 2.05) is 0 Å². The van der Waals surface area contributed by atoms with Crippen LogP contribution < -0.4 is 0 Å². The van der Waals surface area contributed by atoms with E-state index in [-0.39, 0.29) is 18.1 Å². The number of Topliss-reactive ketones (excluding diaryl/α,β-unsaturated/α-hetero) is 1. The Balaban J connectivity index is 2.69. The zero-order valence-electron chi connectivity index (χ0n) is 6.26. The summed E-state index contributed by atoms with van der Waals surface area (Å²) >= 11 is 5.28. The number of nitrogens with zero attached hydrogens (tertiary/aromatic N) is 1. The second kappa shape index (κ2) is 4.16. The van der Waals surface area contributed by atoms with Gasteiger partial charge in [0.2, 0.25) is 0 Å². The van der Waals surface area contributed by atoms with Crippen molar-refractivity contribution in [3.8, 4) is 0 Å². The Morgan fingerprint density at radius 2 is 2.33 bits per heavy atom. The Kier molecular flexibility index (Phi) is 3.17. The third kappa shape index (κ3) is 2.58. The first-order valence-corrected chi connectivity index (χ1v) is 3.93. The lowest BCUT2D eigenvalue weighted by Gasteiger charge is -1.96. The molecule has 1 aromatic rings. The van der Waals surface area contributed by atoms with Gasteiger partial charge in [-0.15, -0.1) is 11.6 Å². The zero-order chi connectivity index (χ0) is 8.97. The second-order valence-electron chi connectivity index (χ2n) is 2.36. The minimum atomic E-state index is -0.435. The highest BCUT2D eigenvalue weighted by molar-refractivity contribution is 6.27. The third-order valence-corrected chi connectivity index (χ3v) is 1.61. The molecule has 0 aliphatic carbocycles. The fraction of sp³-hybridized carbons (Fsp3) is 0.250. The van der Waals surface area contributed by atoms with Crippen molar-refractivity contribution in [3.63, 3.8) is 0 Å². The molecular formula is C8H7ClFNO. The smallest absolute Gasteiger partial charge is 0.152 e. The SMILES string of the molecule is O=C(CCl)Cc1cncc(F)c1. The second-order valence-corrected chi connectivity index (χ2v) is 2.63. The van der Waals surface area contributed by atoms with E-state index in [0.29, 0.717) is 5.56 Å². The van der Waals surface area contributed by atoms with E-state index in [0.717, 1.165) is 6.20 Å². The molecule has 0 N–H and O–H groups in total. The van der Waals surface area contributed by atoms with Gasteiger partial charge in [0.05, 0.1) is 12.1 Å². The van der Waals surface area contributed by atoms with Crippen LogP contribution in [0.5, 0.6) is 0 Å². The summed E-state index contributed by atoms with van der Waals surface area (Å²) in [5.41, 5.74) is 0.556. The third-order valence-electron chi connectivity index (χ3n) is 1.31. The topological polar surface area (TPSA) is 30.0 Å². The maximum absolute atomic E-state index is 12.5. The number of ketones is 1. The van der Waals surface area contributed by atoms with Crippen LogP contribution in [0, 0.1) is 5.82 Å². The van der Waals surface area contributed by atoms with E-state index in [4.69, 9.17) is 11.6 Å². The number of hydrogen-bond acceptors (Lipinski definition) is 2. The van der Waals surface area contributed by atoms with Crippen molar-refractivity contribution in [1.29, 1.82) is 0 Å². The van der Waals surface area contributed by atoms with Crippen molar-refractivity contribution in [2.45, 2.75) is 6.42 Å². The number of halogens is 2. The molecule has 0 aliphatic rings. The molecule has 0 radical (unpaired) electrons. The summed E-state index contributed by atoms with van der Waals surface area (Å²) in [5, 5.41) is 0. The lowest BCUT2D eigenvalue weighted by molar-refractivity contribution is -0.116. The van der Waals surface area contributed by atoms with Crippen LogP contribution in [-0.4, -0.2) is 16.6 Å². The van der Waals surface area contributed by atoms with Crippen LogP contribution in [0.4, 0.5) is 4.39 Å². The van der Waals surface area contributed by atoms with Gasteiger partial charge in [0.15, 0.2) is 5.78 Å². The van der Waals surface area contributed by atoms with Gasteiger partial charge in [-0.3, -0.25) is 9.78 Å². The quantitative estimate of drug-likeness (QED) is 0.673. The number of carbonyl (C=O) groups excluding carboxylic acids is 1. The molecular weight excluding hydrogens is 181 g/mol. The van der Waals surface area contributed by atoms with E-state index in [1.54, 1.807) is 0 Å². The molecule has 1 aromatic heterocycles. The Morgan fingerprint density at radius 1 is 1.58 bits per heavy atom. The molecule has 0 atom stereocenters. The molecule has 0 spiro atoms. The highest BCUT2D eigenvalue weighted by Crippen LogP contribution is 2.02. The molecule has 0 unspecified atom stereocenters. The highest BCUT2D eigenvalue weighted by atomic mass is 35.5. The molecule has 12 heavy (non-hydrogen) atoms. The van der Waals surface area contributed by atoms with Gasteiger partial charge in [-0.05, 0) is 11.6 Å². The van der Waals surface area contributed by atoms with Crippen molar-refractivity contribution in [2.75, 3.05) is 5.88 Å². The van der Waals surface area contributed by atoms with Gasteiger partial charge in [-0.1, -0.05) is 0 Å². The van der Waals surface area contributed by atoms with Gasteiger partial charge in [-0.2, -0.15) is 0 Å². The fourth-order valence-electron chi connectivity index (χ4n) is 0.827. The van der Waals surface area contributed by atoms with Crippen molar-refractivity contribution in [3.05, 3.63) is 29.8 Å². The molecule has 4 heteroatoms. The Hall–Kier alpha value is -0.960. The molecule has 2 nitrogen and oxygen atoms in total. The molecule has 0 amide bonds. The molecule has 1 rings (SSSR count). The van der Waals surface area contributed by atoms with Crippen molar-refractivity contribution in [2.24, 2.45) is 0 Å². The van der Waals surface area contributed by atoms with Crippen LogP contribution in [0.2, 0.25) is 0 Å². The van der Waals surface area contributed by atoms with Gasteiger partial charge in [0.25, 0.3) is 0 Å². The maximum Gasteiger partial charge on any atom is 0.152 e. The van der Waals surface area contributed by atoms with E-state index in [1.165, 1.54) is 12.3 Å². The van der Waals surface area contributed by atoms with Crippen LogP contribution in [-0.2, 0) is 11.2 Å². The van der Waals surface area contributed by atoms with Gasteiger partial charge in [0.1, 0.15) is 5.82 Å². The summed E-state index contributed by atoms with van der Waals surface area (Å²) < 4.78 is 12.5. The Morgan fingerprint density at radius 3 is 2.92 bits per heavy atom. The summed E-state index contributed by atoms with van der Waals surface area (Å²) in [5.74, 6) is -0.616. The van der Waals surface area contributed by atoms with E-state index < -0.39 is 5.82 Å². The van der Waals surface area contributed by atoms with Gasteiger partial charge >= 0.3 is 0 Å². The minimum Gasteiger partial charge on any atom is -0.298 e. The summed E-state index contributed by atoms with van der Waals surface area (Å²) in [4.78, 5) is 14.4. The molecule has 64 valence electrons. The normalized spacial score (nSPS) is 9.83. The first-order valence-electron chi connectivity index (χ1n) is 3.39. The molecule has 0 bridgehead atoms. The standard InChI is InChI=1S/C8H7ClFNO/c9-3-8(12)2-6-1-7(10)5-11-4-6/h1,4-5H,2-3H2. The molecule has 0 aliphatic heterocycles. The number of pyridine rings is 1. The summed E-state index contributed by atoms with van der Waals surface area (Å²) in [6.45, 7) is 0. The van der Waals surface area contributed by atoms with Crippen LogP contribution in [0.3, 0.4) is 0 Å². The first-order chi connectivity index (χ1) is 5.72. The fourth-order valence-corrected chi connectivity index (χ4v) is 0.922. The van der Waals surface area contributed by atoms with Gasteiger partial charge in [0, 0.05) is 12.6 Å². The Bertz CT molecular complexity index is 290. The lowest BCUT2D eigenvalue weighted by Crippen LogP contribution is -2.04. The van der Waals surface area contributed by atoms with Crippen LogP contribution in [0.25, 0.3) is 0 Å². The number of aromatic nitrogens is 1. The average Bonchev–Trinajstić information content (AvgIpc) is 2.04. The molecule has 0 saturated heterocycles. The highest BCUT2D eigenvalue weighted by Gasteiger charge is 2.02. The molecule has 0 fully saturated rings. The van der Waals surface area contributed by atoms with Crippen LogP contribution >= 0.6 is 11.6 Å². The number of carbonyl (C=O) groups is 1. The van der Waals surface area contributed by atoms with Gasteiger partial charge in [-0.25, -0.2) is 4.39 Å². The zero-order valence-corrected chi connectivity index (χ0v) is 7.01. The first kappa shape index (κ1) is 9.13. The molecule has 1 heterocycles. The van der Waals surface area contributed by atoms with Crippen molar-refractivity contribution < 1.29 is 9.18 Å². The molecule has 0 saturated carbocycles. The van der Waals surface area contributed by atoms with Crippen molar-refractivity contribution in [1.82, 2.24) is 4.98 Å². The Labute approximate surface area is 74.4 Å². The minimum absolute atomic E-state index is 0.0451. The summed E-state index contributed by atoms with van der Waals surface area (Å²) in [6, 6.07) is 1.28. The van der Waals surface area contributed by atoms with Crippen LogP contribution in [0.1, 0.15) is 5.56 Å².